The molecule has 4 nitrogen and oxygen atoms in total. The SMILES string of the molecule is O=c1[nH]c2ccccc2cc1-n1ccnc1. The van der Waals surface area contributed by atoms with Crippen molar-refractivity contribution >= 4 is 10.9 Å². The summed E-state index contributed by atoms with van der Waals surface area (Å²) in [7, 11) is 0. The Hall–Kier alpha value is -2.36. The number of fused-ring (bicyclic) bond motifs is 1. The van der Waals surface area contributed by atoms with Crippen LogP contribution in [0.25, 0.3) is 16.6 Å². The number of pyridine rings is 1. The van der Waals surface area contributed by atoms with Crippen LogP contribution in [-0.2, 0) is 0 Å². The van der Waals surface area contributed by atoms with Crippen LogP contribution < -0.4 is 5.56 Å². The molecule has 78 valence electrons. The molecule has 1 aromatic carbocycles. The highest BCUT2D eigenvalue weighted by molar-refractivity contribution is 5.79. The Morgan fingerprint density at radius 3 is 2.94 bits per heavy atom. The number of aromatic nitrogens is 3. The van der Waals surface area contributed by atoms with Crippen LogP contribution in [0.2, 0.25) is 0 Å². The van der Waals surface area contributed by atoms with E-state index in [2.05, 4.69) is 9.97 Å². The molecule has 0 radical (unpaired) electrons. The van der Waals surface area contributed by atoms with Gasteiger partial charge in [-0.15, -0.1) is 0 Å². The second-order valence-corrected chi connectivity index (χ2v) is 3.54. The maximum Gasteiger partial charge on any atom is 0.272 e. The Labute approximate surface area is 91.2 Å². The van der Waals surface area contributed by atoms with E-state index >= 15 is 0 Å². The highest BCUT2D eigenvalue weighted by atomic mass is 16.1. The monoisotopic (exact) mass is 211 g/mol. The van der Waals surface area contributed by atoms with Crippen molar-refractivity contribution in [3.8, 4) is 5.69 Å². The third-order valence-electron chi connectivity index (χ3n) is 2.52. The first-order valence-electron chi connectivity index (χ1n) is 4.95. The number of hydrogen-bond donors (Lipinski definition) is 1. The van der Waals surface area contributed by atoms with Crippen LogP contribution in [0.4, 0.5) is 0 Å². The number of H-pyrrole nitrogens is 1. The van der Waals surface area contributed by atoms with Crippen molar-refractivity contribution < 1.29 is 0 Å². The van der Waals surface area contributed by atoms with E-state index in [-0.39, 0.29) is 5.56 Å². The van der Waals surface area contributed by atoms with Crippen LogP contribution in [0, 0.1) is 0 Å². The average molecular weight is 211 g/mol. The van der Waals surface area contributed by atoms with E-state index in [1.54, 1.807) is 23.3 Å². The number of hydrogen-bond acceptors (Lipinski definition) is 2. The van der Waals surface area contributed by atoms with Gasteiger partial charge < -0.3 is 9.55 Å². The largest absolute Gasteiger partial charge is 0.320 e. The van der Waals surface area contributed by atoms with Gasteiger partial charge in [-0.05, 0) is 12.1 Å². The van der Waals surface area contributed by atoms with Crippen molar-refractivity contribution in [2.24, 2.45) is 0 Å². The molecule has 0 fully saturated rings. The zero-order chi connectivity index (χ0) is 11.0. The fourth-order valence-corrected chi connectivity index (χ4v) is 1.73. The summed E-state index contributed by atoms with van der Waals surface area (Å²) in [6, 6.07) is 9.55. The van der Waals surface area contributed by atoms with Crippen LogP contribution in [0.3, 0.4) is 0 Å². The Kier molecular flexibility index (Phi) is 1.86. The van der Waals surface area contributed by atoms with Gasteiger partial charge in [0.2, 0.25) is 0 Å². The van der Waals surface area contributed by atoms with E-state index in [4.69, 9.17) is 0 Å². The first kappa shape index (κ1) is 8.91. The number of benzene rings is 1. The van der Waals surface area contributed by atoms with E-state index < -0.39 is 0 Å². The lowest BCUT2D eigenvalue weighted by molar-refractivity contribution is 1.02. The lowest BCUT2D eigenvalue weighted by Gasteiger charge is -2.03. The van der Waals surface area contributed by atoms with E-state index in [9.17, 15) is 4.79 Å². The van der Waals surface area contributed by atoms with Gasteiger partial charge in [0.25, 0.3) is 5.56 Å². The first-order valence-corrected chi connectivity index (χ1v) is 4.95. The maximum atomic E-state index is 11.8. The normalized spacial score (nSPS) is 10.8. The maximum absolute atomic E-state index is 11.8. The van der Waals surface area contributed by atoms with Crippen molar-refractivity contribution in [1.29, 1.82) is 0 Å². The minimum absolute atomic E-state index is 0.114. The fourth-order valence-electron chi connectivity index (χ4n) is 1.73. The molecule has 0 spiro atoms. The molecule has 1 N–H and O–H groups in total. The molecule has 0 amide bonds. The Bertz CT molecular complexity index is 683. The smallest absolute Gasteiger partial charge is 0.272 e. The Balaban J connectivity index is 2.34. The van der Waals surface area contributed by atoms with Gasteiger partial charge in [0.15, 0.2) is 0 Å². The van der Waals surface area contributed by atoms with Gasteiger partial charge in [-0.3, -0.25) is 4.79 Å². The third kappa shape index (κ3) is 1.32. The van der Waals surface area contributed by atoms with Crippen molar-refractivity contribution in [3.05, 3.63) is 59.4 Å². The summed E-state index contributed by atoms with van der Waals surface area (Å²) in [5.41, 5.74) is 1.31. The van der Waals surface area contributed by atoms with Crippen LogP contribution in [0.5, 0.6) is 0 Å². The van der Waals surface area contributed by atoms with E-state index in [1.165, 1.54) is 0 Å². The van der Waals surface area contributed by atoms with E-state index in [0.29, 0.717) is 5.69 Å². The van der Waals surface area contributed by atoms with Gasteiger partial charge in [0, 0.05) is 23.3 Å². The van der Waals surface area contributed by atoms with E-state index in [0.717, 1.165) is 10.9 Å². The van der Waals surface area contributed by atoms with Gasteiger partial charge in [0.05, 0.1) is 6.33 Å². The lowest BCUT2D eigenvalue weighted by atomic mass is 10.2. The summed E-state index contributed by atoms with van der Waals surface area (Å²) in [4.78, 5) is 18.6. The summed E-state index contributed by atoms with van der Waals surface area (Å²) >= 11 is 0. The molecule has 0 saturated heterocycles. The Morgan fingerprint density at radius 2 is 2.12 bits per heavy atom. The van der Waals surface area contributed by atoms with Gasteiger partial charge >= 0.3 is 0 Å². The second kappa shape index (κ2) is 3.34. The lowest BCUT2D eigenvalue weighted by Crippen LogP contribution is -2.13. The molecule has 0 bridgehead atoms. The van der Waals surface area contributed by atoms with Crippen LogP contribution in [-0.4, -0.2) is 14.5 Å². The molecule has 2 aromatic heterocycles. The minimum Gasteiger partial charge on any atom is -0.320 e. The van der Waals surface area contributed by atoms with Crippen molar-refractivity contribution in [3.63, 3.8) is 0 Å². The van der Waals surface area contributed by atoms with Gasteiger partial charge in [0.1, 0.15) is 5.69 Å². The van der Waals surface area contributed by atoms with Gasteiger partial charge in [-0.1, -0.05) is 18.2 Å². The zero-order valence-electron chi connectivity index (χ0n) is 8.42. The summed E-state index contributed by atoms with van der Waals surface area (Å²) in [6.45, 7) is 0. The predicted octanol–water partition coefficient (Wildman–Crippen LogP) is 1.71. The molecular formula is C12H9N3O. The summed E-state index contributed by atoms with van der Waals surface area (Å²) in [5.74, 6) is 0. The molecule has 2 heterocycles. The molecule has 0 unspecified atom stereocenters. The first-order chi connectivity index (χ1) is 7.84. The molecule has 0 aliphatic carbocycles. The molecule has 0 saturated carbocycles. The number of para-hydroxylation sites is 1. The van der Waals surface area contributed by atoms with Crippen molar-refractivity contribution in [1.82, 2.24) is 14.5 Å². The molecule has 3 aromatic rings. The summed E-state index contributed by atoms with van der Waals surface area (Å²) in [6.07, 6.45) is 5.01. The Morgan fingerprint density at radius 1 is 1.25 bits per heavy atom. The quantitative estimate of drug-likeness (QED) is 0.666. The highest BCUT2D eigenvalue weighted by Gasteiger charge is 2.03. The standard InChI is InChI=1S/C12H9N3O/c16-12-11(15-6-5-13-8-15)7-9-3-1-2-4-10(9)14-12/h1-8H,(H,14,16). The number of imidazole rings is 1. The molecule has 3 rings (SSSR count). The number of nitrogens with one attached hydrogen (secondary N) is 1. The third-order valence-corrected chi connectivity index (χ3v) is 2.52. The molecule has 16 heavy (non-hydrogen) atoms. The van der Waals surface area contributed by atoms with Crippen molar-refractivity contribution in [2.45, 2.75) is 0 Å². The van der Waals surface area contributed by atoms with Crippen LogP contribution in [0.15, 0.2) is 53.8 Å². The highest BCUT2D eigenvalue weighted by Crippen LogP contribution is 2.12. The number of aromatic amines is 1. The predicted molar refractivity (Wildman–Crippen MR) is 61.7 cm³/mol. The number of nitrogens with zero attached hydrogens (tertiary/aromatic N) is 2. The summed E-state index contributed by atoms with van der Waals surface area (Å²) < 4.78 is 1.70. The molecule has 0 aliphatic heterocycles. The topological polar surface area (TPSA) is 50.7 Å². The fraction of sp³-hybridized carbons (Fsp3) is 0. The van der Waals surface area contributed by atoms with Gasteiger partial charge in [-0.2, -0.15) is 0 Å². The molecule has 0 atom stereocenters. The van der Waals surface area contributed by atoms with Gasteiger partial charge in [-0.25, -0.2) is 4.98 Å². The average Bonchev–Trinajstić information content (AvgIpc) is 2.81. The summed E-state index contributed by atoms with van der Waals surface area (Å²) in [5, 5.41) is 1.01. The molecule has 4 heteroatoms. The zero-order valence-corrected chi connectivity index (χ0v) is 8.42. The van der Waals surface area contributed by atoms with E-state index in [1.807, 2.05) is 30.3 Å². The second-order valence-electron chi connectivity index (χ2n) is 3.54. The number of rotatable bonds is 1. The van der Waals surface area contributed by atoms with Crippen molar-refractivity contribution in [2.75, 3.05) is 0 Å². The van der Waals surface area contributed by atoms with Crippen LogP contribution >= 0.6 is 0 Å². The molecular weight excluding hydrogens is 202 g/mol. The molecule has 0 aliphatic rings. The minimum atomic E-state index is -0.114. The van der Waals surface area contributed by atoms with Crippen LogP contribution in [0.1, 0.15) is 0 Å².